The van der Waals surface area contributed by atoms with Crippen molar-refractivity contribution < 1.29 is 9.18 Å². The number of hydrogen-bond acceptors (Lipinski definition) is 3. The average molecular weight is 286 g/mol. The fourth-order valence-electron chi connectivity index (χ4n) is 2.29. The molecule has 21 heavy (non-hydrogen) atoms. The van der Waals surface area contributed by atoms with E-state index in [4.69, 9.17) is 0 Å². The number of ketones is 1. The Morgan fingerprint density at radius 3 is 2.62 bits per heavy atom. The van der Waals surface area contributed by atoms with Crippen LogP contribution in [0.3, 0.4) is 0 Å². The van der Waals surface area contributed by atoms with Gasteiger partial charge in [-0.3, -0.25) is 9.78 Å². The Labute approximate surface area is 124 Å². The van der Waals surface area contributed by atoms with Crippen LogP contribution in [-0.2, 0) is 0 Å². The van der Waals surface area contributed by atoms with Crippen molar-refractivity contribution in [2.75, 3.05) is 18.5 Å². The highest BCUT2D eigenvalue weighted by atomic mass is 19.1. The number of halogens is 1. The summed E-state index contributed by atoms with van der Waals surface area (Å²) in [4.78, 5) is 17.9. The molecular weight excluding hydrogens is 267 g/mol. The fourth-order valence-corrected chi connectivity index (χ4v) is 2.29. The molecule has 0 aliphatic heterocycles. The first-order valence-electron chi connectivity index (χ1n) is 6.90. The number of rotatable bonds is 5. The molecule has 0 aliphatic rings. The zero-order chi connectivity index (χ0) is 15.4. The molecule has 0 unspecified atom stereocenters. The van der Waals surface area contributed by atoms with Gasteiger partial charge in [-0.2, -0.15) is 0 Å². The van der Waals surface area contributed by atoms with Crippen LogP contribution in [0.25, 0.3) is 0 Å². The lowest BCUT2D eigenvalue weighted by molar-refractivity contribution is 0.0980. The van der Waals surface area contributed by atoms with Gasteiger partial charge in [0.2, 0.25) is 0 Å². The fraction of sp³-hybridized carbons (Fsp3) is 0.294. The Morgan fingerprint density at radius 1 is 1.24 bits per heavy atom. The lowest BCUT2D eigenvalue weighted by Gasteiger charge is -2.21. The zero-order valence-electron chi connectivity index (χ0n) is 12.6. The van der Waals surface area contributed by atoms with Crippen LogP contribution in [0.2, 0.25) is 0 Å². The minimum absolute atomic E-state index is 0.0772. The highest BCUT2D eigenvalue weighted by molar-refractivity contribution is 5.94. The first kappa shape index (κ1) is 15.2. The van der Waals surface area contributed by atoms with Gasteiger partial charge in [0.15, 0.2) is 5.78 Å². The van der Waals surface area contributed by atoms with E-state index >= 15 is 0 Å². The van der Waals surface area contributed by atoms with E-state index < -0.39 is 5.82 Å². The number of hydrogen-bond donors (Lipinski definition) is 0. The van der Waals surface area contributed by atoms with Gasteiger partial charge < -0.3 is 4.90 Å². The van der Waals surface area contributed by atoms with Gasteiger partial charge in [-0.05, 0) is 37.6 Å². The average Bonchev–Trinajstić information content (AvgIpc) is 2.45. The van der Waals surface area contributed by atoms with E-state index in [1.807, 2.05) is 7.05 Å². The molecule has 2 rings (SSSR count). The molecule has 110 valence electrons. The van der Waals surface area contributed by atoms with Gasteiger partial charge in [-0.1, -0.05) is 17.7 Å². The van der Waals surface area contributed by atoms with Gasteiger partial charge in [0.05, 0.1) is 6.20 Å². The molecule has 3 nitrogen and oxygen atoms in total. The maximum atomic E-state index is 12.8. The molecule has 2 aromatic rings. The molecule has 0 amide bonds. The van der Waals surface area contributed by atoms with Crippen molar-refractivity contribution in [2.24, 2.45) is 0 Å². The van der Waals surface area contributed by atoms with Gasteiger partial charge in [-0.25, -0.2) is 4.39 Å². The first-order valence-corrected chi connectivity index (χ1v) is 6.90. The summed E-state index contributed by atoms with van der Waals surface area (Å²) in [5.74, 6) is -0.509. The number of aromatic nitrogens is 1. The van der Waals surface area contributed by atoms with Crippen molar-refractivity contribution >= 4 is 11.5 Å². The summed E-state index contributed by atoms with van der Waals surface area (Å²) < 4.78 is 12.8. The second kappa shape index (κ2) is 6.48. The van der Waals surface area contributed by atoms with Crippen molar-refractivity contribution in [1.29, 1.82) is 0 Å². The van der Waals surface area contributed by atoms with Crippen LogP contribution in [0.5, 0.6) is 0 Å². The summed E-state index contributed by atoms with van der Waals surface area (Å²) in [6.07, 6.45) is 1.42. The quantitative estimate of drug-likeness (QED) is 0.788. The summed E-state index contributed by atoms with van der Waals surface area (Å²) in [6.45, 7) is 4.71. The molecule has 0 aliphatic carbocycles. The molecule has 1 aromatic heterocycles. The van der Waals surface area contributed by atoms with Gasteiger partial charge in [0, 0.05) is 25.7 Å². The highest BCUT2D eigenvalue weighted by Gasteiger charge is 2.10. The number of benzene rings is 1. The number of carbonyl (C=O) groups is 1. The normalized spacial score (nSPS) is 10.5. The summed E-state index contributed by atoms with van der Waals surface area (Å²) in [5, 5.41) is 0. The maximum absolute atomic E-state index is 12.8. The minimum atomic E-state index is -0.432. The number of nitrogens with zero attached hydrogens (tertiary/aromatic N) is 2. The molecule has 1 aromatic carbocycles. The van der Waals surface area contributed by atoms with Crippen molar-refractivity contribution in [2.45, 2.75) is 20.3 Å². The van der Waals surface area contributed by atoms with Crippen LogP contribution >= 0.6 is 0 Å². The summed E-state index contributed by atoms with van der Waals surface area (Å²) in [6, 6.07) is 8.92. The number of pyridine rings is 1. The van der Waals surface area contributed by atoms with Crippen LogP contribution in [0.4, 0.5) is 10.1 Å². The van der Waals surface area contributed by atoms with Crippen LogP contribution in [0, 0.1) is 19.7 Å². The smallest absolute Gasteiger partial charge is 0.182 e. The lowest BCUT2D eigenvalue weighted by atomic mass is 10.1. The van der Waals surface area contributed by atoms with Crippen molar-refractivity contribution in [1.82, 2.24) is 4.98 Å². The minimum Gasteiger partial charge on any atom is -0.374 e. The molecule has 0 radical (unpaired) electrons. The van der Waals surface area contributed by atoms with Crippen molar-refractivity contribution in [3.05, 3.63) is 59.2 Å². The predicted octanol–water partition coefficient (Wildman–Crippen LogP) is 3.55. The third kappa shape index (κ3) is 3.88. The maximum Gasteiger partial charge on any atom is 0.182 e. The van der Waals surface area contributed by atoms with E-state index in [1.54, 1.807) is 0 Å². The summed E-state index contributed by atoms with van der Waals surface area (Å²) in [7, 11) is 1.96. The Kier molecular flexibility index (Phi) is 4.68. The number of Topliss-reactive ketones (excluding diaryl/α,β-unsaturated/α-hetero) is 1. The molecule has 0 spiro atoms. The summed E-state index contributed by atoms with van der Waals surface area (Å²) >= 11 is 0. The van der Waals surface area contributed by atoms with E-state index in [0.29, 0.717) is 18.7 Å². The predicted molar refractivity (Wildman–Crippen MR) is 82.3 cm³/mol. The Morgan fingerprint density at radius 2 is 2.00 bits per heavy atom. The topological polar surface area (TPSA) is 33.2 Å². The van der Waals surface area contributed by atoms with E-state index in [1.165, 1.54) is 23.3 Å². The second-order valence-electron chi connectivity index (χ2n) is 5.25. The SMILES string of the molecule is Cc1ccc(N(C)CCC(=O)c2ccc(F)cn2)c(C)c1. The molecule has 0 atom stereocenters. The number of aryl methyl sites for hydroxylation is 2. The van der Waals surface area contributed by atoms with E-state index in [0.717, 1.165) is 11.9 Å². The molecule has 0 N–H and O–H groups in total. The standard InChI is InChI=1S/C17H19FN2O/c1-12-4-7-16(13(2)10-12)20(3)9-8-17(21)15-6-5-14(18)11-19-15/h4-7,10-11H,8-9H2,1-3H3. The monoisotopic (exact) mass is 286 g/mol. The molecule has 0 saturated carbocycles. The second-order valence-corrected chi connectivity index (χ2v) is 5.25. The molecule has 4 heteroatoms. The van der Waals surface area contributed by atoms with Crippen LogP contribution < -0.4 is 4.90 Å². The largest absolute Gasteiger partial charge is 0.374 e. The zero-order valence-corrected chi connectivity index (χ0v) is 12.6. The van der Waals surface area contributed by atoms with Gasteiger partial charge in [0.1, 0.15) is 11.5 Å². The number of carbonyl (C=O) groups excluding carboxylic acids is 1. The van der Waals surface area contributed by atoms with E-state index in [9.17, 15) is 9.18 Å². The lowest BCUT2D eigenvalue weighted by Crippen LogP contribution is -2.22. The van der Waals surface area contributed by atoms with Crippen LogP contribution in [-0.4, -0.2) is 24.4 Å². The third-order valence-electron chi connectivity index (χ3n) is 3.45. The molecular formula is C17H19FN2O. The Balaban J connectivity index is 1.98. The molecule has 0 bridgehead atoms. The van der Waals surface area contributed by atoms with Gasteiger partial charge in [-0.15, -0.1) is 0 Å². The van der Waals surface area contributed by atoms with Gasteiger partial charge >= 0.3 is 0 Å². The van der Waals surface area contributed by atoms with Crippen LogP contribution in [0.1, 0.15) is 28.0 Å². The number of anilines is 1. The molecule has 0 fully saturated rings. The highest BCUT2D eigenvalue weighted by Crippen LogP contribution is 2.20. The van der Waals surface area contributed by atoms with E-state index in [-0.39, 0.29) is 5.78 Å². The first-order chi connectivity index (χ1) is 9.97. The molecule has 0 saturated heterocycles. The summed E-state index contributed by atoms with van der Waals surface area (Å²) in [5.41, 5.74) is 3.83. The Hall–Kier alpha value is -2.23. The Bertz CT molecular complexity index is 638. The van der Waals surface area contributed by atoms with Crippen molar-refractivity contribution in [3.63, 3.8) is 0 Å². The van der Waals surface area contributed by atoms with Crippen LogP contribution in [0.15, 0.2) is 36.5 Å². The molecule has 1 heterocycles. The third-order valence-corrected chi connectivity index (χ3v) is 3.45. The van der Waals surface area contributed by atoms with Crippen molar-refractivity contribution in [3.8, 4) is 0 Å². The van der Waals surface area contributed by atoms with E-state index in [2.05, 4.69) is 41.9 Å². The van der Waals surface area contributed by atoms with Gasteiger partial charge in [0.25, 0.3) is 0 Å².